The molecular weight excluding hydrogens is 380 g/mol. The molecule has 0 aliphatic heterocycles. The SMILES string of the molecule is Nc1ncc(/C=C\SC(c2ccccc2)(c2ccccc2)c2ccccc2)s1. The molecule has 0 fully saturated rings. The van der Waals surface area contributed by atoms with Crippen LogP contribution < -0.4 is 5.73 Å². The van der Waals surface area contributed by atoms with Gasteiger partial charge in [0.05, 0.1) is 4.75 Å². The number of rotatable bonds is 6. The summed E-state index contributed by atoms with van der Waals surface area (Å²) in [5.74, 6) is 0. The number of hydrogen-bond donors (Lipinski definition) is 1. The van der Waals surface area contributed by atoms with Gasteiger partial charge in [0.25, 0.3) is 0 Å². The molecule has 138 valence electrons. The van der Waals surface area contributed by atoms with E-state index < -0.39 is 0 Å². The Kier molecular flexibility index (Phi) is 5.60. The molecule has 3 aromatic carbocycles. The Morgan fingerprint density at radius 1 is 0.750 bits per heavy atom. The van der Waals surface area contributed by atoms with Crippen LogP contribution in [0.1, 0.15) is 21.6 Å². The van der Waals surface area contributed by atoms with E-state index in [1.165, 1.54) is 28.0 Å². The molecule has 0 radical (unpaired) electrons. The van der Waals surface area contributed by atoms with Gasteiger partial charge in [0.2, 0.25) is 0 Å². The summed E-state index contributed by atoms with van der Waals surface area (Å²) < 4.78 is -0.351. The third-order valence-corrected chi connectivity index (χ3v) is 6.68. The van der Waals surface area contributed by atoms with Crippen LogP contribution in [-0.4, -0.2) is 4.98 Å². The number of nitrogens with zero attached hydrogens (tertiary/aromatic N) is 1. The van der Waals surface area contributed by atoms with Crippen molar-refractivity contribution in [3.63, 3.8) is 0 Å². The Balaban J connectivity index is 1.86. The van der Waals surface area contributed by atoms with Crippen LogP contribution in [0.3, 0.4) is 0 Å². The monoisotopic (exact) mass is 400 g/mol. The molecule has 0 bridgehead atoms. The van der Waals surface area contributed by atoms with E-state index in [1.54, 1.807) is 11.8 Å². The summed E-state index contributed by atoms with van der Waals surface area (Å²) in [4.78, 5) is 5.19. The van der Waals surface area contributed by atoms with E-state index in [1.807, 2.05) is 6.20 Å². The van der Waals surface area contributed by atoms with E-state index in [0.717, 1.165) is 4.88 Å². The number of thiazole rings is 1. The Morgan fingerprint density at radius 2 is 1.21 bits per heavy atom. The van der Waals surface area contributed by atoms with Crippen molar-refractivity contribution in [3.05, 3.63) is 124 Å². The summed E-state index contributed by atoms with van der Waals surface area (Å²) in [6.07, 6.45) is 3.90. The van der Waals surface area contributed by atoms with E-state index in [9.17, 15) is 0 Å². The number of nitrogen functional groups attached to an aromatic ring is 1. The summed E-state index contributed by atoms with van der Waals surface area (Å²) >= 11 is 3.28. The van der Waals surface area contributed by atoms with E-state index in [0.29, 0.717) is 5.13 Å². The quantitative estimate of drug-likeness (QED) is 0.380. The van der Waals surface area contributed by atoms with Crippen molar-refractivity contribution in [1.82, 2.24) is 4.98 Å². The first kappa shape index (κ1) is 18.5. The van der Waals surface area contributed by atoms with Crippen LogP contribution in [0.5, 0.6) is 0 Å². The van der Waals surface area contributed by atoms with Crippen LogP contribution in [-0.2, 0) is 4.75 Å². The lowest BCUT2D eigenvalue weighted by Crippen LogP contribution is -2.24. The fourth-order valence-corrected chi connectivity index (χ4v) is 5.21. The van der Waals surface area contributed by atoms with Gasteiger partial charge >= 0.3 is 0 Å². The lowest BCUT2D eigenvalue weighted by atomic mass is 9.84. The van der Waals surface area contributed by atoms with Crippen LogP contribution in [0.4, 0.5) is 5.13 Å². The van der Waals surface area contributed by atoms with Gasteiger partial charge in [0, 0.05) is 11.1 Å². The number of aromatic nitrogens is 1. The molecule has 0 atom stereocenters. The second kappa shape index (κ2) is 8.46. The fourth-order valence-electron chi connectivity index (χ4n) is 3.30. The predicted molar refractivity (Wildman–Crippen MR) is 122 cm³/mol. The molecule has 2 nitrogen and oxygen atoms in total. The molecule has 0 saturated carbocycles. The van der Waals surface area contributed by atoms with Crippen LogP contribution in [0.25, 0.3) is 6.08 Å². The molecule has 0 saturated heterocycles. The topological polar surface area (TPSA) is 38.9 Å². The first-order valence-corrected chi connectivity index (χ1v) is 10.7. The molecule has 2 N–H and O–H groups in total. The highest BCUT2D eigenvalue weighted by molar-refractivity contribution is 8.03. The first-order valence-electron chi connectivity index (χ1n) is 9.01. The Morgan fingerprint density at radius 3 is 1.61 bits per heavy atom. The number of benzene rings is 3. The van der Waals surface area contributed by atoms with Gasteiger partial charge in [-0.1, -0.05) is 102 Å². The molecule has 0 amide bonds. The average molecular weight is 401 g/mol. The summed E-state index contributed by atoms with van der Waals surface area (Å²) in [6, 6.07) is 32.0. The van der Waals surface area contributed by atoms with Crippen molar-refractivity contribution in [2.75, 3.05) is 5.73 Å². The van der Waals surface area contributed by atoms with Gasteiger partial charge in [0.15, 0.2) is 5.13 Å². The molecule has 0 aliphatic rings. The van der Waals surface area contributed by atoms with Crippen molar-refractivity contribution in [1.29, 1.82) is 0 Å². The summed E-state index contributed by atoms with van der Waals surface area (Å²) in [5, 5.41) is 2.74. The highest BCUT2D eigenvalue weighted by Gasteiger charge is 2.36. The fraction of sp³-hybridized carbons (Fsp3) is 0.0417. The standard InChI is InChI=1S/C24H20N2S2/c25-23-26-18-22(28-23)16-17-27-24(19-10-4-1-5-11-19,20-12-6-2-7-13-20)21-14-8-3-9-15-21/h1-18H,(H2,25,26)/b17-16-. The van der Waals surface area contributed by atoms with Crippen molar-refractivity contribution < 1.29 is 0 Å². The first-order chi connectivity index (χ1) is 13.8. The zero-order valence-corrected chi connectivity index (χ0v) is 16.9. The van der Waals surface area contributed by atoms with Crippen molar-refractivity contribution in [3.8, 4) is 0 Å². The maximum atomic E-state index is 5.78. The minimum Gasteiger partial charge on any atom is -0.375 e. The second-order valence-electron chi connectivity index (χ2n) is 6.30. The molecule has 0 aliphatic carbocycles. The smallest absolute Gasteiger partial charge is 0.180 e. The molecule has 4 rings (SSSR count). The van der Waals surface area contributed by atoms with Crippen molar-refractivity contribution >= 4 is 34.3 Å². The van der Waals surface area contributed by atoms with Gasteiger partial charge in [-0.2, -0.15) is 0 Å². The third-order valence-electron chi connectivity index (χ3n) is 4.56. The van der Waals surface area contributed by atoms with Gasteiger partial charge in [-0.25, -0.2) is 4.98 Å². The predicted octanol–water partition coefficient (Wildman–Crippen LogP) is 6.42. The molecule has 1 heterocycles. The number of anilines is 1. The summed E-state index contributed by atoms with van der Waals surface area (Å²) in [5.41, 5.74) is 9.50. The average Bonchev–Trinajstić information content (AvgIpc) is 3.18. The molecule has 4 aromatic rings. The minimum atomic E-state index is -0.351. The van der Waals surface area contributed by atoms with Crippen molar-refractivity contribution in [2.45, 2.75) is 4.75 Å². The van der Waals surface area contributed by atoms with Crippen LogP contribution in [0, 0.1) is 0 Å². The van der Waals surface area contributed by atoms with E-state index in [2.05, 4.69) is 107 Å². The molecule has 0 spiro atoms. The Bertz CT molecular complexity index is 945. The van der Waals surface area contributed by atoms with E-state index in [4.69, 9.17) is 5.73 Å². The van der Waals surface area contributed by atoms with Gasteiger partial charge in [-0.15, -0.1) is 11.8 Å². The van der Waals surface area contributed by atoms with Crippen molar-refractivity contribution in [2.24, 2.45) is 0 Å². The van der Waals surface area contributed by atoms with Gasteiger partial charge in [-0.05, 0) is 28.2 Å². The number of hydrogen-bond acceptors (Lipinski definition) is 4. The molecule has 0 unspecified atom stereocenters. The second-order valence-corrected chi connectivity index (χ2v) is 8.51. The van der Waals surface area contributed by atoms with Crippen LogP contribution in [0.2, 0.25) is 0 Å². The summed E-state index contributed by atoms with van der Waals surface area (Å²) in [7, 11) is 0. The molecule has 4 heteroatoms. The minimum absolute atomic E-state index is 0.351. The lowest BCUT2D eigenvalue weighted by Gasteiger charge is -2.34. The Labute approximate surface area is 173 Å². The maximum Gasteiger partial charge on any atom is 0.180 e. The lowest BCUT2D eigenvalue weighted by molar-refractivity contribution is 0.900. The van der Waals surface area contributed by atoms with E-state index in [-0.39, 0.29) is 4.75 Å². The molecular formula is C24H20N2S2. The highest BCUT2D eigenvalue weighted by atomic mass is 32.2. The van der Waals surface area contributed by atoms with Gasteiger partial charge < -0.3 is 5.73 Å². The number of thioether (sulfide) groups is 1. The van der Waals surface area contributed by atoms with Gasteiger partial charge in [-0.3, -0.25) is 0 Å². The third kappa shape index (κ3) is 3.75. The number of nitrogens with two attached hydrogens (primary N) is 1. The molecule has 28 heavy (non-hydrogen) atoms. The van der Waals surface area contributed by atoms with Crippen LogP contribution >= 0.6 is 23.1 Å². The Hall–Kier alpha value is -2.82. The summed E-state index contributed by atoms with van der Waals surface area (Å²) in [6.45, 7) is 0. The molecule has 1 aromatic heterocycles. The van der Waals surface area contributed by atoms with Crippen LogP contribution in [0.15, 0.2) is 103 Å². The van der Waals surface area contributed by atoms with E-state index >= 15 is 0 Å². The normalized spacial score (nSPS) is 11.7. The largest absolute Gasteiger partial charge is 0.375 e. The zero-order chi connectivity index (χ0) is 19.2. The zero-order valence-electron chi connectivity index (χ0n) is 15.2. The highest BCUT2D eigenvalue weighted by Crippen LogP contribution is 2.49. The van der Waals surface area contributed by atoms with Gasteiger partial charge in [0.1, 0.15) is 0 Å². The maximum absolute atomic E-state index is 5.78.